The Balaban J connectivity index is 0.000000757. The maximum Gasteiger partial charge on any atom is 0.231 e. The Labute approximate surface area is 166 Å². The van der Waals surface area contributed by atoms with Gasteiger partial charge in [0.2, 0.25) is 6.79 Å². The Kier molecular flexibility index (Phi) is 13.8. The Morgan fingerprint density at radius 3 is 1.81 bits per heavy atom. The van der Waals surface area contributed by atoms with Crippen molar-refractivity contribution in [2.75, 3.05) is 13.4 Å². The van der Waals surface area contributed by atoms with Crippen LogP contribution in [0.1, 0.15) is 78.9 Å². The van der Waals surface area contributed by atoms with E-state index in [1.54, 1.807) is 0 Å². The fourth-order valence-electron chi connectivity index (χ4n) is 2.81. The van der Waals surface area contributed by atoms with Gasteiger partial charge in [-0.3, -0.25) is 0 Å². The summed E-state index contributed by atoms with van der Waals surface area (Å²) in [4.78, 5) is 0. The predicted octanol–water partition coefficient (Wildman–Crippen LogP) is 7.43. The molecule has 3 nitrogen and oxygen atoms in total. The molecule has 2 aromatic rings. The van der Waals surface area contributed by atoms with E-state index in [2.05, 4.69) is 30.3 Å². The first-order chi connectivity index (χ1) is 13.4. The van der Waals surface area contributed by atoms with Gasteiger partial charge in [-0.15, -0.1) is 0 Å². The number of hydrogen-bond donors (Lipinski definition) is 0. The Hall–Kier alpha value is -2.16. The molecule has 0 radical (unpaired) electrons. The van der Waals surface area contributed by atoms with E-state index in [-0.39, 0.29) is 0 Å². The first-order valence-electron chi connectivity index (χ1n) is 10.5. The predicted molar refractivity (Wildman–Crippen MR) is 116 cm³/mol. The Morgan fingerprint density at radius 1 is 0.667 bits per heavy atom. The van der Waals surface area contributed by atoms with Gasteiger partial charge in [0.05, 0.1) is 6.61 Å². The molecule has 0 spiro atoms. The van der Waals surface area contributed by atoms with Crippen molar-refractivity contribution in [1.29, 1.82) is 0 Å². The summed E-state index contributed by atoms with van der Waals surface area (Å²) < 4.78 is 16.6. The lowest BCUT2D eigenvalue weighted by atomic mass is 9.86. The summed E-state index contributed by atoms with van der Waals surface area (Å²) in [5, 5.41) is 0. The molecule has 0 aromatic heterocycles. The van der Waals surface area contributed by atoms with Gasteiger partial charge in [-0.05, 0) is 18.1 Å². The Bertz CT molecular complexity index is 609. The average Bonchev–Trinajstić information content (AvgIpc) is 3.25. The van der Waals surface area contributed by atoms with E-state index in [4.69, 9.17) is 14.2 Å². The van der Waals surface area contributed by atoms with E-state index in [1.165, 1.54) is 11.1 Å². The molecule has 0 saturated carbocycles. The van der Waals surface area contributed by atoms with Gasteiger partial charge in [0, 0.05) is 17.5 Å². The summed E-state index contributed by atoms with van der Waals surface area (Å²) in [5.74, 6) is 2.90. The molecule has 27 heavy (non-hydrogen) atoms. The van der Waals surface area contributed by atoms with Gasteiger partial charge < -0.3 is 14.2 Å². The second-order valence-electron chi connectivity index (χ2n) is 4.84. The lowest BCUT2D eigenvalue weighted by Gasteiger charge is -2.26. The van der Waals surface area contributed by atoms with Crippen LogP contribution in [0.15, 0.2) is 42.5 Å². The largest absolute Gasteiger partial charge is 0.493 e. The standard InChI is InChI=1S/C16H14O3.4C2H6/c1-2-4-11(5-3-1)12-6-7-17-14-9-16-15(8-13(12)14)18-10-19-16;4*1-2/h1-5,8-9,12H,6-7,10H2;4*1-2H3. The minimum Gasteiger partial charge on any atom is -0.493 e. The molecule has 2 heterocycles. The SMILES string of the molecule is CC.CC.CC.CC.c1ccc(C2CCOc3cc4c(cc32)OCO4)cc1. The fraction of sp³-hybridized carbons (Fsp3) is 0.500. The molecule has 1 unspecified atom stereocenters. The number of ether oxygens (including phenoxy) is 3. The topological polar surface area (TPSA) is 27.7 Å². The monoisotopic (exact) mass is 374 g/mol. The molecule has 3 heteroatoms. The maximum absolute atomic E-state index is 5.76. The third kappa shape index (κ3) is 6.50. The van der Waals surface area contributed by atoms with Crippen molar-refractivity contribution in [1.82, 2.24) is 0 Å². The van der Waals surface area contributed by atoms with Crippen LogP contribution in [0.25, 0.3) is 0 Å². The van der Waals surface area contributed by atoms with Crippen LogP contribution < -0.4 is 14.2 Å². The van der Waals surface area contributed by atoms with Crippen LogP contribution in [0.4, 0.5) is 0 Å². The number of rotatable bonds is 1. The van der Waals surface area contributed by atoms with Gasteiger partial charge in [0.15, 0.2) is 11.5 Å². The van der Waals surface area contributed by atoms with E-state index in [0.29, 0.717) is 12.7 Å². The smallest absolute Gasteiger partial charge is 0.231 e. The number of benzene rings is 2. The normalized spacial score (nSPS) is 14.7. The van der Waals surface area contributed by atoms with Crippen molar-refractivity contribution in [3.63, 3.8) is 0 Å². The van der Waals surface area contributed by atoms with Crippen molar-refractivity contribution in [3.05, 3.63) is 53.6 Å². The maximum atomic E-state index is 5.76. The minimum absolute atomic E-state index is 0.300. The molecular weight excluding hydrogens is 336 g/mol. The molecule has 0 saturated heterocycles. The molecule has 0 N–H and O–H groups in total. The van der Waals surface area contributed by atoms with Crippen LogP contribution in [0, 0.1) is 0 Å². The first-order valence-corrected chi connectivity index (χ1v) is 10.5. The zero-order valence-corrected chi connectivity index (χ0v) is 18.5. The van der Waals surface area contributed by atoms with Gasteiger partial charge >= 0.3 is 0 Å². The van der Waals surface area contributed by atoms with Crippen molar-refractivity contribution in [2.24, 2.45) is 0 Å². The number of hydrogen-bond acceptors (Lipinski definition) is 3. The summed E-state index contributed by atoms with van der Waals surface area (Å²) in [5.41, 5.74) is 2.52. The molecule has 4 rings (SSSR count). The minimum atomic E-state index is 0.300. The van der Waals surface area contributed by atoms with Crippen LogP contribution in [0.2, 0.25) is 0 Å². The van der Waals surface area contributed by atoms with E-state index in [1.807, 2.05) is 67.5 Å². The molecule has 0 bridgehead atoms. The highest BCUT2D eigenvalue weighted by Gasteiger charge is 2.27. The van der Waals surface area contributed by atoms with E-state index < -0.39 is 0 Å². The van der Waals surface area contributed by atoms with Crippen LogP contribution in [-0.4, -0.2) is 13.4 Å². The summed E-state index contributed by atoms with van der Waals surface area (Å²) in [6.07, 6.45) is 0.997. The van der Waals surface area contributed by atoms with Crippen molar-refractivity contribution >= 4 is 0 Å². The third-order valence-electron chi connectivity index (χ3n) is 3.75. The van der Waals surface area contributed by atoms with Gasteiger partial charge in [-0.2, -0.15) is 0 Å². The van der Waals surface area contributed by atoms with E-state index >= 15 is 0 Å². The highest BCUT2D eigenvalue weighted by molar-refractivity contribution is 5.55. The zero-order valence-electron chi connectivity index (χ0n) is 18.5. The summed E-state index contributed by atoms with van der Waals surface area (Å²) in [6, 6.07) is 14.6. The zero-order chi connectivity index (χ0) is 20.7. The molecule has 2 aliphatic rings. The second kappa shape index (κ2) is 15.0. The van der Waals surface area contributed by atoms with Gasteiger partial charge in [0.25, 0.3) is 0 Å². The molecule has 1 atom stereocenters. The second-order valence-corrected chi connectivity index (χ2v) is 4.84. The fourth-order valence-corrected chi connectivity index (χ4v) is 2.81. The summed E-state index contributed by atoms with van der Waals surface area (Å²) in [6.45, 7) is 17.0. The van der Waals surface area contributed by atoms with Gasteiger partial charge in [0.1, 0.15) is 5.75 Å². The van der Waals surface area contributed by atoms with E-state index in [0.717, 1.165) is 30.3 Å². The van der Waals surface area contributed by atoms with Crippen LogP contribution in [0.5, 0.6) is 17.2 Å². The van der Waals surface area contributed by atoms with Crippen molar-refractivity contribution in [3.8, 4) is 17.2 Å². The molecule has 2 aromatic carbocycles. The van der Waals surface area contributed by atoms with Crippen molar-refractivity contribution < 1.29 is 14.2 Å². The lowest BCUT2D eigenvalue weighted by molar-refractivity contribution is 0.174. The highest BCUT2D eigenvalue weighted by Crippen LogP contribution is 2.45. The first kappa shape index (κ1) is 24.8. The highest BCUT2D eigenvalue weighted by atomic mass is 16.7. The molecule has 0 aliphatic carbocycles. The van der Waals surface area contributed by atoms with Crippen LogP contribution >= 0.6 is 0 Å². The Morgan fingerprint density at radius 2 is 1.22 bits per heavy atom. The summed E-state index contributed by atoms with van der Waals surface area (Å²) in [7, 11) is 0. The van der Waals surface area contributed by atoms with Crippen LogP contribution in [0.3, 0.4) is 0 Å². The van der Waals surface area contributed by atoms with Crippen LogP contribution in [-0.2, 0) is 0 Å². The lowest BCUT2D eigenvalue weighted by Crippen LogP contribution is -2.15. The molecule has 2 aliphatic heterocycles. The summed E-state index contributed by atoms with van der Waals surface area (Å²) >= 11 is 0. The molecule has 0 fully saturated rings. The number of fused-ring (bicyclic) bond motifs is 2. The third-order valence-corrected chi connectivity index (χ3v) is 3.75. The molecule has 152 valence electrons. The van der Waals surface area contributed by atoms with Gasteiger partial charge in [-0.1, -0.05) is 85.7 Å². The van der Waals surface area contributed by atoms with Crippen molar-refractivity contribution in [2.45, 2.75) is 67.7 Å². The quantitative estimate of drug-likeness (QED) is 0.519. The molecular formula is C24H38O3. The molecule has 0 amide bonds. The average molecular weight is 375 g/mol. The van der Waals surface area contributed by atoms with E-state index in [9.17, 15) is 0 Å². The van der Waals surface area contributed by atoms with Gasteiger partial charge in [-0.25, -0.2) is 0 Å².